The van der Waals surface area contributed by atoms with Crippen molar-refractivity contribution >= 4 is 29.1 Å². The fourth-order valence-electron chi connectivity index (χ4n) is 2.35. The summed E-state index contributed by atoms with van der Waals surface area (Å²) < 4.78 is 0. The van der Waals surface area contributed by atoms with Crippen LogP contribution in [0.15, 0.2) is 28.9 Å². The van der Waals surface area contributed by atoms with Gasteiger partial charge in [-0.05, 0) is 18.6 Å². The number of anilines is 2. The average Bonchev–Trinajstić information content (AvgIpc) is 3.06. The monoisotopic (exact) mass is 302 g/mol. The first-order valence-corrected chi connectivity index (χ1v) is 7.62. The number of aliphatic hydroxyl groups excluding tert-OH is 1. The van der Waals surface area contributed by atoms with Gasteiger partial charge in [0.25, 0.3) is 0 Å². The Kier molecular flexibility index (Phi) is 3.82. The number of allylic oxidation sites excluding steroid dienone is 1. The zero-order valence-electron chi connectivity index (χ0n) is 11.2. The molecular weight excluding hydrogens is 288 g/mol. The molecule has 0 spiro atoms. The number of nitrogens with zero attached hydrogens (tertiary/aromatic N) is 3. The largest absolute Gasteiger partial charge is 0.391 e. The summed E-state index contributed by atoms with van der Waals surface area (Å²) >= 11 is 1.33. The summed E-state index contributed by atoms with van der Waals surface area (Å²) in [4.78, 5) is 17.9. The van der Waals surface area contributed by atoms with Crippen molar-refractivity contribution in [1.82, 2.24) is 4.98 Å². The number of aliphatic hydroxyl groups is 1. The second-order valence-corrected chi connectivity index (χ2v) is 5.93. The Morgan fingerprint density at radius 3 is 3.00 bits per heavy atom. The lowest BCUT2D eigenvalue weighted by Gasteiger charge is -2.16. The van der Waals surface area contributed by atoms with Crippen LogP contribution in [-0.4, -0.2) is 40.8 Å². The van der Waals surface area contributed by atoms with Crippen molar-refractivity contribution in [2.45, 2.75) is 12.5 Å². The van der Waals surface area contributed by atoms with Gasteiger partial charge in [-0.3, -0.25) is 4.79 Å². The van der Waals surface area contributed by atoms with Crippen molar-refractivity contribution in [2.24, 2.45) is 0 Å². The molecule has 0 unspecified atom stereocenters. The van der Waals surface area contributed by atoms with Crippen LogP contribution in [-0.2, 0) is 4.79 Å². The van der Waals surface area contributed by atoms with E-state index in [0.717, 1.165) is 24.5 Å². The maximum atomic E-state index is 11.5. The molecule has 0 amide bonds. The predicted molar refractivity (Wildman–Crippen MR) is 80.8 cm³/mol. The summed E-state index contributed by atoms with van der Waals surface area (Å²) in [5.74, 6) is 0.991. The molecular formula is C14H14N4O2S. The van der Waals surface area contributed by atoms with E-state index >= 15 is 0 Å². The fraction of sp³-hybridized carbons (Fsp3) is 0.357. The number of ketones is 1. The van der Waals surface area contributed by atoms with Crippen molar-refractivity contribution in [1.29, 1.82) is 5.26 Å². The van der Waals surface area contributed by atoms with Crippen LogP contribution < -0.4 is 10.2 Å². The molecule has 3 heterocycles. The van der Waals surface area contributed by atoms with Crippen LogP contribution in [0.3, 0.4) is 0 Å². The van der Waals surface area contributed by atoms with E-state index < -0.39 is 0 Å². The number of Topliss-reactive ketones (excluding diaryl/α,β-unsaturated/α-hetero) is 1. The third kappa shape index (κ3) is 2.86. The van der Waals surface area contributed by atoms with Gasteiger partial charge < -0.3 is 15.3 Å². The number of rotatable bonds is 3. The second kappa shape index (κ2) is 5.76. The standard InChI is InChI=1S/C14H14N4O2S/c15-5-11-12(20)8-21-14(11)17-9-1-2-13(16-6-9)18-4-3-10(19)7-18/h1-2,6,10,17,19H,3-4,7-8H2/t10-/m1/s1. The highest BCUT2D eigenvalue weighted by Gasteiger charge is 2.24. The van der Waals surface area contributed by atoms with Crippen LogP contribution in [0.4, 0.5) is 11.5 Å². The molecule has 6 nitrogen and oxygen atoms in total. The molecule has 21 heavy (non-hydrogen) atoms. The van der Waals surface area contributed by atoms with Crippen molar-refractivity contribution < 1.29 is 9.90 Å². The Morgan fingerprint density at radius 1 is 1.52 bits per heavy atom. The molecule has 7 heteroatoms. The molecule has 2 N–H and O–H groups in total. The van der Waals surface area contributed by atoms with Crippen LogP contribution in [0.25, 0.3) is 0 Å². The van der Waals surface area contributed by atoms with Crippen molar-refractivity contribution in [2.75, 3.05) is 29.1 Å². The molecule has 3 rings (SSSR count). The Balaban J connectivity index is 1.72. The average molecular weight is 302 g/mol. The van der Waals surface area contributed by atoms with Crippen LogP contribution in [0.5, 0.6) is 0 Å². The summed E-state index contributed by atoms with van der Waals surface area (Å²) in [5.41, 5.74) is 0.926. The van der Waals surface area contributed by atoms with E-state index in [9.17, 15) is 9.90 Å². The normalized spacial score (nSPS) is 21.8. The van der Waals surface area contributed by atoms with E-state index in [1.165, 1.54) is 11.8 Å². The lowest BCUT2D eigenvalue weighted by Crippen LogP contribution is -2.22. The lowest BCUT2D eigenvalue weighted by molar-refractivity contribution is -0.112. The number of hydrogen-bond donors (Lipinski definition) is 2. The number of nitrogens with one attached hydrogen (secondary N) is 1. The summed E-state index contributed by atoms with van der Waals surface area (Å²) in [6.07, 6.45) is 2.15. The van der Waals surface area contributed by atoms with Gasteiger partial charge >= 0.3 is 0 Å². The van der Waals surface area contributed by atoms with E-state index in [0.29, 0.717) is 17.3 Å². The molecule has 1 fully saturated rings. The molecule has 0 aromatic carbocycles. The van der Waals surface area contributed by atoms with Gasteiger partial charge in [-0.15, -0.1) is 0 Å². The van der Waals surface area contributed by atoms with Gasteiger partial charge in [0.1, 0.15) is 17.5 Å². The molecule has 0 bridgehead atoms. The smallest absolute Gasteiger partial charge is 0.186 e. The molecule has 0 saturated carbocycles. The third-order valence-corrected chi connectivity index (χ3v) is 4.46. The highest BCUT2D eigenvalue weighted by Crippen LogP contribution is 2.30. The summed E-state index contributed by atoms with van der Waals surface area (Å²) in [6, 6.07) is 5.66. The zero-order chi connectivity index (χ0) is 14.8. The second-order valence-electron chi connectivity index (χ2n) is 4.95. The summed E-state index contributed by atoms with van der Waals surface area (Å²) in [5, 5.41) is 22.2. The number of thioether (sulfide) groups is 1. The molecule has 1 atom stereocenters. The number of β-amino-alcohol motifs (C(OH)–C–C–N with tert-alkyl or cyclic N) is 1. The Labute approximate surface area is 126 Å². The predicted octanol–water partition coefficient (Wildman–Crippen LogP) is 1.12. The van der Waals surface area contributed by atoms with Gasteiger partial charge in [-0.25, -0.2) is 4.98 Å². The number of nitriles is 1. The number of pyridine rings is 1. The first-order valence-electron chi connectivity index (χ1n) is 6.64. The molecule has 2 aliphatic rings. The Bertz CT molecular complexity index is 635. The van der Waals surface area contributed by atoms with E-state index in [-0.39, 0.29) is 17.5 Å². The maximum absolute atomic E-state index is 11.5. The maximum Gasteiger partial charge on any atom is 0.186 e. The highest BCUT2D eigenvalue weighted by molar-refractivity contribution is 8.04. The first-order chi connectivity index (χ1) is 10.2. The van der Waals surface area contributed by atoms with Crippen LogP contribution >= 0.6 is 11.8 Å². The number of carbonyl (C=O) groups is 1. The number of hydrogen-bond acceptors (Lipinski definition) is 7. The van der Waals surface area contributed by atoms with Gasteiger partial charge in [0.15, 0.2) is 5.78 Å². The van der Waals surface area contributed by atoms with Gasteiger partial charge in [-0.2, -0.15) is 5.26 Å². The van der Waals surface area contributed by atoms with Gasteiger partial charge in [0.2, 0.25) is 0 Å². The molecule has 1 aromatic heterocycles. The third-order valence-electron chi connectivity index (χ3n) is 3.46. The van der Waals surface area contributed by atoms with E-state index in [1.54, 1.807) is 6.20 Å². The van der Waals surface area contributed by atoms with Crippen LogP contribution in [0.2, 0.25) is 0 Å². The lowest BCUT2D eigenvalue weighted by atomic mass is 10.2. The topological polar surface area (TPSA) is 89.2 Å². The molecule has 2 aliphatic heterocycles. The molecule has 1 saturated heterocycles. The molecule has 1 aromatic rings. The van der Waals surface area contributed by atoms with Gasteiger partial charge in [0, 0.05) is 13.1 Å². The first kappa shape index (κ1) is 13.9. The van der Waals surface area contributed by atoms with E-state index in [2.05, 4.69) is 10.3 Å². The molecule has 0 aliphatic carbocycles. The minimum atomic E-state index is -0.283. The molecule has 0 radical (unpaired) electrons. The van der Waals surface area contributed by atoms with Gasteiger partial charge in [0.05, 0.1) is 28.8 Å². The van der Waals surface area contributed by atoms with E-state index in [4.69, 9.17) is 5.26 Å². The summed E-state index contributed by atoms with van der Waals surface area (Å²) in [7, 11) is 0. The zero-order valence-corrected chi connectivity index (χ0v) is 12.1. The minimum absolute atomic E-state index is 0.138. The SMILES string of the molecule is N#CC1=C(Nc2ccc(N3CC[C@@H](O)C3)nc2)SCC1=O. The van der Waals surface area contributed by atoms with Crippen LogP contribution in [0.1, 0.15) is 6.42 Å². The minimum Gasteiger partial charge on any atom is -0.391 e. The van der Waals surface area contributed by atoms with Gasteiger partial charge in [-0.1, -0.05) is 11.8 Å². The number of carbonyl (C=O) groups excluding carboxylic acids is 1. The fourth-order valence-corrected chi connectivity index (χ4v) is 3.26. The van der Waals surface area contributed by atoms with Crippen molar-refractivity contribution in [3.05, 3.63) is 28.9 Å². The Hall–Kier alpha value is -2.04. The highest BCUT2D eigenvalue weighted by atomic mass is 32.2. The molecule has 108 valence electrons. The van der Waals surface area contributed by atoms with E-state index in [1.807, 2.05) is 23.1 Å². The van der Waals surface area contributed by atoms with Crippen molar-refractivity contribution in [3.63, 3.8) is 0 Å². The number of aromatic nitrogens is 1. The Morgan fingerprint density at radius 2 is 2.38 bits per heavy atom. The van der Waals surface area contributed by atoms with Crippen LogP contribution in [0, 0.1) is 11.3 Å². The summed E-state index contributed by atoms with van der Waals surface area (Å²) in [6.45, 7) is 1.41. The quantitative estimate of drug-likeness (QED) is 0.864. The van der Waals surface area contributed by atoms with Crippen molar-refractivity contribution in [3.8, 4) is 6.07 Å².